The van der Waals surface area contributed by atoms with Crippen LogP contribution in [0.15, 0.2) is 53.6 Å². The second-order valence-electron chi connectivity index (χ2n) is 6.67. The topological polar surface area (TPSA) is 95.5 Å². The van der Waals surface area contributed by atoms with Crippen LogP contribution in [0.3, 0.4) is 0 Å². The summed E-state index contributed by atoms with van der Waals surface area (Å²) in [5.41, 5.74) is 6.19. The fourth-order valence-corrected chi connectivity index (χ4v) is 3.18. The maximum absolute atomic E-state index is 12.7. The largest absolute Gasteiger partial charge is 0.368 e. The molecule has 1 fully saturated rings. The zero-order valence-electron chi connectivity index (χ0n) is 16.3. The quantitative estimate of drug-likeness (QED) is 0.629. The van der Waals surface area contributed by atoms with E-state index >= 15 is 0 Å². The normalized spacial score (nSPS) is 13.2. The summed E-state index contributed by atoms with van der Waals surface area (Å²) in [5, 5.41) is 21.1. The van der Waals surface area contributed by atoms with Gasteiger partial charge in [-0.3, -0.25) is 10.2 Å². The second kappa shape index (κ2) is 9.38. The van der Waals surface area contributed by atoms with Crippen LogP contribution < -0.4 is 10.3 Å². The first-order chi connectivity index (χ1) is 14.1. The highest BCUT2D eigenvalue weighted by molar-refractivity contribution is 6.10. The lowest BCUT2D eigenvalue weighted by Crippen LogP contribution is -2.48. The van der Waals surface area contributed by atoms with Crippen molar-refractivity contribution in [3.8, 4) is 12.1 Å². The molecule has 2 aromatic rings. The lowest BCUT2D eigenvalue weighted by atomic mass is 10.1. The van der Waals surface area contributed by atoms with Gasteiger partial charge in [-0.2, -0.15) is 15.6 Å². The molecule has 7 nitrogen and oxygen atoms in total. The van der Waals surface area contributed by atoms with Gasteiger partial charge in [-0.1, -0.05) is 19.1 Å². The lowest BCUT2D eigenvalue weighted by Gasteiger charge is -2.36. The van der Waals surface area contributed by atoms with E-state index in [9.17, 15) is 4.79 Å². The molecule has 1 amide bonds. The Kier molecular flexibility index (Phi) is 6.44. The molecule has 0 spiro atoms. The van der Waals surface area contributed by atoms with E-state index in [2.05, 4.69) is 22.4 Å². The van der Waals surface area contributed by atoms with Crippen molar-refractivity contribution in [1.29, 1.82) is 10.5 Å². The van der Waals surface area contributed by atoms with Crippen molar-refractivity contribution in [2.75, 3.05) is 36.5 Å². The van der Waals surface area contributed by atoms with Gasteiger partial charge in [0, 0.05) is 37.4 Å². The van der Waals surface area contributed by atoms with Crippen LogP contribution in [-0.2, 0) is 6.42 Å². The Hall–Kier alpha value is -3.84. The summed E-state index contributed by atoms with van der Waals surface area (Å²) >= 11 is 0. The molecule has 0 unspecified atom stereocenters. The van der Waals surface area contributed by atoms with E-state index in [1.165, 1.54) is 5.56 Å². The summed E-state index contributed by atoms with van der Waals surface area (Å²) < 4.78 is 0. The van der Waals surface area contributed by atoms with E-state index in [4.69, 9.17) is 10.5 Å². The Morgan fingerprint density at radius 1 is 1.00 bits per heavy atom. The summed E-state index contributed by atoms with van der Waals surface area (Å²) in [6.07, 6.45) is 0.964. The smallest absolute Gasteiger partial charge is 0.253 e. The number of hydrogen-bond donors (Lipinski definition) is 1. The van der Waals surface area contributed by atoms with Gasteiger partial charge in [0.2, 0.25) is 5.71 Å². The Labute approximate surface area is 170 Å². The van der Waals surface area contributed by atoms with Crippen LogP contribution in [0.4, 0.5) is 11.4 Å². The van der Waals surface area contributed by atoms with Gasteiger partial charge in [-0.05, 0) is 48.4 Å². The van der Waals surface area contributed by atoms with E-state index in [-0.39, 0.29) is 11.6 Å². The molecule has 1 aliphatic rings. The number of nitrogens with one attached hydrogen (secondary N) is 1. The summed E-state index contributed by atoms with van der Waals surface area (Å²) in [7, 11) is 0. The van der Waals surface area contributed by atoms with Crippen LogP contribution in [0.1, 0.15) is 22.8 Å². The minimum absolute atomic E-state index is 0.0792. The average Bonchev–Trinajstić information content (AvgIpc) is 2.80. The third kappa shape index (κ3) is 4.91. The predicted molar refractivity (Wildman–Crippen MR) is 113 cm³/mol. The highest BCUT2D eigenvalue weighted by Crippen LogP contribution is 2.20. The number of rotatable bonds is 5. The Morgan fingerprint density at radius 2 is 1.62 bits per heavy atom. The first-order valence-corrected chi connectivity index (χ1v) is 9.51. The molecule has 1 heterocycles. The second-order valence-corrected chi connectivity index (χ2v) is 6.67. The lowest BCUT2D eigenvalue weighted by molar-refractivity contribution is 0.0747. The number of hydrazone groups is 1. The van der Waals surface area contributed by atoms with Crippen molar-refractivity contribution in [3.63, 3.8) is 0 Å². The molecule has 1 saturated heterocycles. The number of piperazine rings is 1. The molecule has 0 saturated carbocycles. The SMILES string of the molecule is CCc1ccc(C(=O)N2CCN(c3ccc(NN=C(C#N)C#N)cc3)CC2)cc1. The van der Waals surface area contributed by atoms with Gasteiger partial charge >= 0.3 is 0 Å². The van der Waals surface area contributed by atoms with Crippen LogP contribution in [0, 0.1) is 22.7 Å². The highest BCUT2D eigenvalue weighted by Gasteiger charge is 2.22. The third-order valence-electron chi connectivity index (χ3n) is 4.92. The van der Waals surface area contributed by atoms with E-state index < -0.39 is 0 Å². The van der Waals surface area contributed by atoms with Crippen molar-refractivity contribution in [1.82, 2.24) is 4.90 Å². The highest BCUT2D eigenvalue weighted by atomic mass is 16.2. The molecule has 1 N–H and O–H groups in total. The minimum atomic E-state index is -0.223. The number of aryl methyl sites for hydroxylation is 1. The molecule has 7 heteroatoms. The van der Waals surface area contributed by atoms with Gasteiger partial charge in [-0.15, -0.1) is 0 Å². The summed E-state index contributed by atoms with van der Waals surface area (Å²) in [4.78, 5) is 16.8. The first-order valence-electron chi connectivity index (χ1n) is 9.51. The Morgan fingerprint density at radius 3 is 2.17 bits per heavy atom. The molecule has 3 rings (SSSR count). The molecule has 0 bridgehead atoms. The summed E-state index contributed by atoms with van der Waals surface area (Å²) in [6.45, 7) is 4.97. The van der Waals surface area contributed by atoms with Gasteiger partial charge in [0.1, 0.15) is 12.1 Å². The zero-order valence-corrected chi connectivity index (χ0v) is 16.3. The molecule has 29 heavy (non-hydrogen) atoms. The van der Waals surface area contributed by atoms with Gasteiger partial charge in [0.15, 0.2) is 0 Å². The number of benzene rings is 2. The molecular formula is C22H22N6O. The number of nitrogens with zero attached hydrogens (tertiary/aromatic N) is 5. The van der Waals surface area contributed by atoms with Gasteiger partial charge < -0.3 is 9.80 Å². The van der Waals surface area contributed by atoms with Crippen molar-refractivity contribution in [2.45, 2.75) is 13.3 Å². The summed E-state index contributed by atoms with van der Waals surface area (Å²) in [5.74, 6) is 0.0792. The van der Waals surface area contributed by atoms with Crippen molar-refractivity contribution < 1.29 is 4.79 Å². The summed E-state index contributed by atoms with van der Waals surface area (Å²) in [6, 6.07) is 18.8. The first kappa shape index (κ1) is 19.9. The Balaban J connectivity index is 1.56. The minimum Gasteiger partial charge on any atom is -0.368 e. The monoisotopic (exact) mass is 386 g/mol. The van der Waals surface area contributed by atoms with E-state index in [0.717, 1.165) is 30.8 Å². The van der Waals surface area contributed by atoms with Crippen LogP contribution >= 0.6 is 0 Å². The Bertz CT molecular complexity index is 942. The number of carbonyl (C=O) groups is 1. The number of nitriles is 2. The predicted octanol–water partition coefficient (Wildman–Crippen LogP) is 3.03. The molecule has 0 aromatic heterocycles. The van der Waals surface area contributed by atoms with Crippen LogP contribution in [0.2, 0.25) is 0 Å². The van der Waals surface area contributed by atoms with E-state index in [0.29, 0.717) is 18.8 Å². The van der Waals surface area contributed by atoms with Crippen molar-refractivity contribution in [2.24, 2.45) is 5.10 Å². The molecule has 146 valence electrons. The molecule has 0 aliphatic carbocycles. The fourth-order valence-electron chi connectivity index (χ4n) is 3.18. The van der Waals surface area contributed by atoms with Crippen molar-refractivity contribution in [3.05, 3.63) is 59.7 Å². The fraction of sp³-hybridized carbons (Fsp3) is 0.273. The van der Waals surface area contributed by atoms with Gasteiger partial charge in [-0.25, -0.2) is 0 Å². The van der Waals surface area contributed by atoms with Crippen LogP contribution in [0.5, 0.6) is 0 Å². The standard InChI is InChI=1S/C22H22N6O/c1-2-17-3-5-18(6-4-17)22(29)28-13-11-27(12-14-28)21-9-7-19(8-10-21)25-26-20(15-23)16-24/h3-10,25H,2,11-14H2,1H3. The molecule has 0 atom stereocenters. The molecular weight excluding hydrogens is 364 g/mol. The maximum Gasteiger partial charge on any atom is 0.253 e. The molecule has 0 radical (unpaired) electrons. The average molecular weight is 386 g/mol. The molecule has 1 aliphatic heterocycles. The number of anilines is 2. The van der Waals surface area contributed by atoms with Crippen LogP contribution in [0.25, 0.3) is 0 Å². The van der Waals surface area contributed by atoms with Gasteiger partial charge in [0.25, 0.3) is 5.91 Å². The van der Waals surface area contributed by atoms with Crippen molar-refractivity contribution >= 4 is 23.0 Å². The van der Waals surface area contributed by atoms with E-state index in [1.807, 2.05) is 53.4 Å². The number of carbonyl (C=O) groups excluding carboxylic acids is 1. The number of hydrogen-bond acceptors (Lipinski definition) is 6. The van der Waals surface area contributed by atoms with Gasteiger partial charge in [0.05, 0.1) is 5.69 Å². The third-order valence-corrected chi connectivity index (χ3v) is 4.92. The van der Waals surface area contributed by atoms with E-state index in [1.54, 1.807) is 12.1 Å². The number of amides is 1. The van der Waals surface area contributed by atoms with Crippen LogP contribution in [-0.4, -0.2) is 42.7 Å². The maximum atomic E-state index is 12.7. The molecule has 2 aromatic carbocycles. The zero-order chi connectivity index (χ0) is 20.6.